The number of aliphatic hydroxyl groups is 1. The van der Waals surface area contributed by atoms with E-state index in [1.54, 1.807) is 0 Å². The Kier molecular flexibility index (Phi) is 2.13. The van der Waals surface area contributed by atoms with Gasteiger partial charge in [0.1, 0.15) is 0 Å². The number of aromatic nitrogens is 1. The summed E-state index contributed by atoms with van der Waals surface area (Å²) in [6, 6.07) is 5.17. The molecule has 0 amide bonds. The molecule has 2 atom stereocenters. The van der Waals surface area contributed by atoms with Crippen molar-refractivity contribution in [3.63, 3.8) is 0 Å². The number of hydrogen-bond acceptors (Lipinski definition) is 3. The van der Waals surface area contributed by atoms with Crippen molar-refractivity contribution in [1.29, 1.82) is 0 Å². The first-order valence-corrected chi connectivity index (χ1v) is 5.71. The van der Waals surface area contributed by atoms with Gasteiger partial charge in [-0.3, -0.25) is 4.98 Å². The molecule has 1 N–H and O–H groups in total. The van der Waals surface area contributed by atoms with Crippen LogP contribution in [-0.4, -0.2) is 28.3 Å². The van der Waals surface area contributed by atoms with E-state index < -0.39 is 0 Å². The molecule has 3 heterocycles. The molecule has 0 saturated carbocycles. The molecule has 0 radical (unpaired) electrons. The summed E-state index contributed by atoms with van der Waals surface area (Å²) in [5, 5.41) is 9.71. The molecular formula is C12H16N2O. The number of pyridine rings is 1. The van der Waals surface area contributed by atoms with Crippen molar-refractivity contribution in [2.24, 2.45) is 0 Å². The second kappa shape index (κ2) is 3.49. The van der Waals surface area contributed by atoms with E-state index in [1.165, 1.54) is 18.5 Å². The van der Waals surface area contributed by atoms with Crippen LogP contribution in [0.5, 0.6) is 0 Å². The second-order valence-electron chi connectivity index (χ2n) is 4.63. The van der Waals surface area contributed by atoms with Gasteiger partial charge in [0.15, 0.2) is 0 Å². The summed E-state index contributed by atoms with van der Waals surface area (Å²) in [6.45, 7) is 0. The fourth-order valence-corrected chi connectivity index (χ4v) is 3.08. The summed E-state index contributed by atoms with van der Waals surface area (Å²) in [5.74, 6) is 0. The van der Waals surface area contributed by atoms with Crippen LogP contribution in [-0.2, 0) is 0 Å². The molecule has 2 aliphatic rings. The molecule has 2 unspecified atom stereocenters. The van der Waals surface area contributed by atoms with E-state index in [2.05, 4.69) is 16.0 Å². The molecule has 0 spiro atoms. The van der Waals surface area contributed by atoms with Gasteiger partial charge in [0.2, 0.25) is 0 Å². The summed E-state index contributed by atoms with van der Waals surface area (Å²) >= 11 is 0. The highest BCUT2D eigenvalue weighted by atomic mass is 16.3. The van der Waals surface area contributed by atoms with Crippen LogP contribution in [0.1, 0.15) is 25.7 Å². The smallest absolute Gasteiger partial charge is 0.0579 e. The number of anilines is 1. The van der Waals surface area contributed by atoms with E-state index in [0.29, 0.717) is 12.1 Å². The lowest BCUT2D eigenvalue weighted by atomic mass is 9.99. The summed E-state index contributed by atoms with van der Waals surface area (Å²) in [5.41, 5.74) is 1.22. The summed E-state index contributed by atoms with van der Waals surface area (Å²) in [7, 11) is 0. The Bertz CT molecular complexity index is 327. The molecule has 3 nitrogen and oxygen atoms in total. The fraction of sp³-hybridized carbons (Fsp3) is 0.583. The lowest BCUT2D eigenvalue weighted by molar-refractivity contribution is 0.126. The van der Waals surface area contributed by atoms with Gasteiger partial charge < -0.3 is 10.0 Å². The first-order chi connectivity index (χ1) is 7.34. The predicted molar refractivity (Wildman–Crippen MR) is 58.8 cm³/mol. The van der Waals surface area contributed by atoms with Crippen LogP contribution in [0.3, 0.4) is 0 Å². The Hall–Kier alpha value is -1.09. The van der Waals surface area contributed by atoms with Gasteiger partial charge in [-0.1, -0.05) is 0 Å². The molecule has 80 valence electrons. The monoisotopic (exact) mass is 204 g/mol. The third kappa shape index (κ3) is 1.51. The van der Waals surface area contributed by atoms with Gasteiger partial charge >= 0.3 is 0 Å². The molecule has 1 aromatic rings. The Morgan fingerprint density at radius 1 is 1.27 bits per heavy atom. The molecule has 2 saturated heterocycles. The van der Waals surface area contributed by atoms with Gasteiger partial charge in [0.05, 0.1) is 18.0 Å². The number of piperidine rings is 1. The van der Waals surface area contributed by atoms with Gasteiger partial charge in [-0.05, 0) is 37.8 Å². The summed E-state index contributed by atoms with van der Waals surface area (Å²) < 4.78 is 0. The van der Waals surface area contributed by atoms with E-state index in [-0.39, 0.29) is 6.10 Å². The molecule has 3 heteroatoms. The minimum absolute atomic E-state index is 0.0876. The largest absolute Gasteiger partial charge is 0.393 e. The molecule has 2 bridgehead atoms. The van der Waals surface area contributed by atoms with Gasteiger partial charge in [0.25, 0.3) is 0 Å². The fourth-order valence-electron chi connectivity index (χ4n) is 3.08. The molecule has 1 aromatic heterocycles. The van der Waals surface area contributed by atoms with E-state index >= 15 is 0 Å². The quantitative estimate of drug-likeness (QED) is 0.754. The number of nitrogens with zero attached hydrogens (tertiary/aromatic N) is 2. The van der Waals surface area contributed by atoms with Crippen LogP contribution in [0.15, 0.2) is 24.5 Å². The van der Waals surface area contributed by atoms with E-state index in [9.17, 15) is 5.11 Å². The van der Waals surface area contributed by atoms with Crippen LogP contribution in [0.2, 0.25) is 0 Å². The molecule has 3 rings (SSSR count). The SMILES string of the molecule is OC1CC2CCC(C1)N2c1cccnc1. The van der Waals surface area contributed by atoms with Crippen molar-refractivity contribution in [3.8, 4) is 0 Å². The zero-order chi connectivity index (χ0) is 10.3. The first-order valence-electron chi connectivity index (χ1n) is 5.71. The Morgan fingerprint density at radius 2 is 2.00 bits per heavy atom. The maximum absolute atomic E-state index is 9.71. The molecule has 2 aliphatic heterocycles. The molecular weight excluding hydrogens is 188 g/mol. The summed E-state index contributed by atoms with van der Waals surface area (Å²) in [4.78, 5) is 6.63. The van der Waals surface area contributed by atoms with E-state index in [4.69, 9.17) is 0 Å². The maximum Gasteiger partial charge on any atom is 0.0579 e. The highest BCUT2D eigenvalue weighted by Crippen LogP contribution is 2.38. The molecule has 15 heavy (non-hydrogen) atoms. The van der Waals surface area contributed by atoms with E-state index in [0.717, 1.165) is 12.8 Å². The van der Waals surface area contributed by atoms with Gasteiger partial charge in [-0.25, -0.2) is 0 Å². The number of aliphatic hydroxyl groups excluding tert-OH is 1. The van der Waals surface area contributed by atoms with Crippen molar-refractivity contribution >= 4 is 5.69 Å². The highest BCUT2D eigenvalue weighted by molar-refractivity contribution is 5.48. The normalized spacial score (nSPS) is 34.5. The van der Waals surface area contributed by atoms with Crippen molar-refractivity contribution in [2.75, 3.05) is 4.90 Å². The van der Waals surface area contributed by atoms with Crippen molar-refractivity contribution in [3.05, 3.63) is 24.5 Å². The van der Waals surface area contributed by atoms with Crippen molar-refractivity contribution in [2.45, 2.75) is 43.9 Å². The Labute approximate surface area is 89.7 Å². The maximum atomic E-state index is 9.71. The summed E-state index contributed by atoms with van der Waals surface area (Å²) in [6.07, 6.45) is 7.94. The molecule has 0 aromatic carbocycles. The minimum Gasteiger partial charge on any atom is -0.393 e. The Balaban J connectivity index is 1.89. The van der Waals surface area contributed by atoms with Crippen LogP contribution < -0.4 is 4.90 Å². The van der Waals surface area contributed by atoms with Gasteiger partial charge in [-0.2, -0.15) is 0 Å². The average Bonchev–Trinajstić information content (AvgIpc) is 2.53. The molecule has 2 fully saturated rings. The molecule has 0 aliphatic carbocycles. The number of rotatable bonds is 1. The minimum atomic E-state index is -0.0876. The van der Waals surface area contributed by atoms with Gasteiger partial charge in [-0.15, -0.1) is 0 Å². The van der Waals surface area contributed by atoms with Crippen LogP contribution in [0, 0.1) is 0 Å². The zero-order valence-corrected chi connectivity index (χ0v) is 8.71. The first kappa shape index (κ1) is 9.16. The third-order valence-corrected chi connectivity index (χ3v) is 3.65. The van der Waals surface area contributed by atoms with Crippen molar-refractivity contribution < 1.29 is 5.11 Å². The topological polar surface area (TPSA) is 36.4 Å². The van der Waals surface area contributed by atoms with Gasteiger partial charge in [0, 0.05) is 18.3 Å². The predicted octanol–water partition coefficient (Wildman–Crippen LogP) is 1.57. The lowest BCUT2D eigenvalue weighted by Gasteiger charge is -2.38. The average molecular weight is 204 g/mol. The number of fused-ring (bicyclic) bond motifs is 2. The third-order valence-electron chi connectivity index (χ3n) is 3.65. The van der Waals surface area contributed by atoms with Crippen LogP contribution in [0.4, 0.5) is 5.69 Å². The second-order valence-corrected chi connectivity index (χ2v) is 4.63. The highest BCUT2D eigenvalue weighted by Gasteiger charge is 2.40. The lowest BCUT2D eigenvalue weighted by Crippen LogP contribution is -2.44. The Morgan fingerprint density at radius 3 is 2.60 bits per heavy atom. The van der Waals surface area contributed by atoms with Crippen molar-refractivity contribution in [1.82, 2.24) is 4.98 Å². The van der Waals surface area contributed by atoms with Crippen LogP contribution in [0.25, 0.3) is 0 Å². The zero-order valence-electron chi connectivity index (χ0n) is 8.71. The standard InChI is InChI=1S/C12H16N2O/c15-12-6-9-3-4-10(7-12)14(9)11-2-1-5-13-8-11/h1-2,5,8-10,12,15H,3-4,6-7H2. The van der Waals surface area contributed by atoms with Crippen LogP contribution >= 0.6 is 0 Å². The van der Waals surface area contributed by atoms with E-state index in [1.807, 2.05) is 18.5 Å². The number of hydrogen-bond donors (Lipinski definition) is 1.